The molecule has 0 spiro atoms. The minimum absolute atomic E-state index is 0.712. The molecule has 0 N–H and O–H groups in total. The summed E-state index contributed by atoms with van der Waals surface area (Å²) in [6.45, 7) is 4.38. The molecule has 2 rings (SSSR count). The van der Waals surface area contributed by atoms with Gasteiger partial charge in [0, 0.05) is 10.6 Å². The smallest absolute Gasteiger partial charge is 0.0275 e. The predicted molar refractivity (Wildman–Crippen MR) is 73.2 cm³/mol. The fourth-order valence-electron chi connectivity index (χ4n) is 1.99. The van der Waals surface area contributed by atoms with Gasteiger partial charge in [0.2, 0.25) is 0 Å². The van der Waals surface area contributed by atoms with Gasteiger partial charge in [0.25, 0.3) is 0 Å². The van der Waals surface area contributed by atoms with Gasteiger partial charge in [0.1, 0.15) is 0 Å². The van der Waals surface area contributed by atoms with Crippen LogP contribution in [0.15, 0.2) is 18.2 Å². The third kappa shape index (κ3) is 2.79. The van der Waals surface area contributed by atoms with Crippen molar-refractivity contribution in [1.29, 1.82) is 0 Å². The summed E-state index contributed by atoms with van der Waals surface area (Å²) in [6, 6.07) is 6.87. The van der Waals surface area contributed by atoms with E-state index in [1.54, 1.807) is 0 Å². The molecule has 15 heavy (non-hydrogen) atoms. The van der Waals surface area contributed by atoms with Crippen LogP contribution in [-0.4, -0.2) is 16.3 Å². The lowest BCUT2D eigenvalue weighted by molar-refractivity contribution is 0.616. The van der Waals surface area contributed by atoms with Crippen molar-refractivity contribution in [2.24, 2.45) is 5.92 Å². The minimum atomic E-state index is 0.712. The summed E-state index contributed by atoms with van der Waals surface area (Å²) in [5, 5.41) is 0. The third-order valence-electron chi connectivity index (χ3n) is 3.19. The summed E-state index contributed by atoms with van der Waals surface area (Å²) in [5.74, 6) is 3.40. The van der Waals surface area contributed by atoms with Gasteiger partial charge in [-0.2, -0.15) is 11.8 Å². The second kappa shape index (κ2) is 4.92. The van der Waals surface area contributed by atoms with Crippen LogP contribution in [0.4, 0.5) is 0 Å². The van der Waals surface area contributed by atoms with Crippen LogP contribution in [0, 0.1) is 19.8 Å². The molecule has 1 aliphatic heterocycles. The van der Waals surface area contributed by atoms with E-state index in [2.05, 4.69) is 59.7 Å². The summed E-state index contributed by atoms with van der Waals surface area (Å²) < 4.78 is 0. The molecule has 2 unspecified atom stereocenters. The molecule has 2 heteroatoms. The number of halogens is 1. The number of hydrogen-bond acceptors (Lipinski definition) is 1. The van der Waals surface area contributed by atoms with Crippen molar-refractivity contribution in [3.63, 3.8) is 0 Å². The molecule has 1 fully saturated rings. The molecule has 0 aromatic heterocycles. The Hall–Kier alpha value is 0.0500. The van der Waals surface area contributed by atoms with Crippen molar-refractivity contribution < 1.29 is 0 Å². The van der Waals surface area contributed by atoms with Crippen LogP contribution in [-0.2, 0) is 6.42 Å². The lowest BCUT2D eigenvalue weighted by atomic mass is 9.96. The molecule has 1 aromatic rings. The van der Waals surface area contributed by atoms with Crippen molar-refractivity contribution in [3.05, 3.63) is 34.9 Å². The maximum Gasteiger partial charge on any atom is 0.0275 e. The standard InChI is InChI=1S/C13H17BrS/c1-9-3-4-11(5-10(9)2)6-12-7-15-8-13(12)14/h3-5,12-13H,6-8H2,1-2H3. The van der Waals surface area contributed by atoms with E-state index in [0.717, 1.165) is 5.92 Å². The Bertz CT molecular complexity index is 348. The van der Waals surface area contributed by atoms with Gasteiger partial charge in [0.05, 0.1) is 0 Å². The van der Waals surface area contributed by atoms with Crippen LogP contribution in [0.25, 0.3) is 0 Å². The zero-order chi connectivity index (χ0) is 10.8. The average Bonchev–Trinajstić information content (AvgIpc) is 2.59. The Morgan fingerprint density at radius 3 is 2.67 bits per heavy atom. The number of alkyl halides is 1. The van der Waals surface area contributed by atoms with E-state index in [9.17, 15) is 0 Å². The Morgan fingerprint density at radius 1 is 1.27 bits per heavy atom. The number of thioether (sulfide) groups is 1. The zero-order valence-electron chi connectivity index (χ0n) is 9.29. The third-order valence-corrected chi connectivity index (χ3v) is 5.95. The van der Waals surface area contributed by atoms with E-state index in [1.807, 2.05) is 0 Å². The number of benzene rings is 1. The summed E-state index contributed by atoms with van der Waals surface area (Å²) in [4.78, 5) is 0.712. The van der Waals surface area contributed by atoms with Gasteiger partial charge in [0.15, 0.2) is 0 Å². The highest BCUT2D eigenvalue weighted by Crippen LogP contribution is 2.32. The van der Waals surface area contributed by atoms with Gasteiger partial charge >= 0.3 is 0 Å². The normalized spacial score (nSPS) is 25.8. The van der Waals surface area contributed by atoms with Crippen LogP contribution in [0.5, 0.6) is 0 Å². The van der Waals surface area contributed by atoms with Gasteiger partial charge in [-0.15, -0.1) is 0 Å². The fraction of sp³-hybridized carbons (Fsp3) is 0.538. The molecule has 0 radical (unpaired) electrons. The fourth-order valence-corrected chi connectivity index (χ4v) is 4.46. The summed E-state index contributed by atoms with van der Waals surface area (Å²) >= 11 is 5.84. The largest absolute Gasteiger partial charge is 0.160 e. The van der Waals surface area contributed by atoms with Crippen molar-refractivity contribution in [2.75, 3.05) is 11.5 Å². The van der Waals surface area contributed by atoms with E-state index in [4.69, 9.17) is 0 Å². The molecule has 0 saturated carbocycles. The van der Waals surface area contributed by atoms with E-state index >= 15 is 0 Å². The van der Waals surface area contributed by atoms with Crippen LogP contribution < -0.4 is 0 Å². The SMILES string of the molecule is Cc1ccc(CC2CSCC2Br)cc1C. The molecule has 0 aliphatic carbocycles. The minimum Gasteiger partial charge on any atom is -0.160 e. The molecule has 1 heterocycles. The van der Waals surface area contributed by atoms with Crippen LogP contribution in [0.3, 0.4) is 0 Å². The molecule has 0 nitrogen and oxygen atoms in total. The molecular formula is C13H17BrS. The van der Waals surface area contributed by atoms with E-state index < -0.39 is 0 Å². The Balaban J connectivity index is 2.07. The van der Waals surface area contributed by atoms with E-state index in [0.29, 0.717) is 4.83 Å². The van der Waals surface area contributed by atoms with Crippen LogP contribution in [0.2, 0.25) is 0 Å². The van der Waals surface area contributed by atoms with Gasteiger partial charge in [-0.25, -0.2) is 0 Å². The first-order chi connectivity index (χ1) is 7.16. The van der Waals surface area contributed by atoms with Crippen LogP contribution in [0.1, 0.15) is 16.7 Å². The second-order valence-corrected chi connectivity index (χ2v) is 6.69. The Kier molecular flexibility index (Phi) is 3.78. The molecule has 1 aliphatic rings. The monoisotopic (exact) mass is 284 g/mol. The van der Waals surface area contributed by atoms with Crippen molar-refractivity contribution in [1.82, 2.24) is 0 Å². The van der Waals surface area contributed by atoms with Gasteiger partial charge in [-0.1, -0.05) is 34.1 Å². The molecule has 0 bridgehead atoms. The van der Waals surface area contributed by atoms with Crippen molar-refractivity contribution >= 4 is 27.7 Å². The Morgan fingerprint density at radius 2 is 2.07 bits per heavy atom. The molecular weight excluding hydrogens is 268 g/mol. The summed E-state index contributed by atoms with van der Waals surface area (Å²) in [6.07, 6.45) is 1.23. The first-order valence-electron chi connectivity index (χ1n) is 5.45. The maximum absolute atomic E-state index is 3.77. The molecule has 1 saturated heterocycles. The first kappa shape index (κ1) is 11.5. The molecule has 0 amide bonds. The highest BCUT2D eigenvalue weighted by atomic mass is 79.9. The lowest BCUT2D eigenvalue weighted by Gasteiger charge is -2.13. The second-order valence-electron chi connectivity index (χ2n) is 4.44. The highest BCUT2D eigenvalue weighted by molar-refractivity contribution is 9.09. The highest BCUT2D eigenvalue weighted by Gasteiger charge is 2.25. The number of rotatable bonds is 2. The average molecular weight is 285 g/mol. The molecule has 82 valence electrons. The maximum atomic E-state index is 3.77. The quantitative estimate of drug-likeness (QED) is 0.741. The van der Waals surface area contributed by atoms with Gasteiger partial charge in [-0.3, -0.25) is 0 Å². The zero-order valence-corrected chi connectivity index (χ0v) is 11.7. The number of aryl methyl sites for hydroxylation is 2. The van der Waals surface area contributed by atoms with E-state index in [-0.39, 0.29) is 0 Å². The summed E-state index contributed by atoms with van der Waals surface area (Å²) in [7, 11) is 0. The first-order valence-corrected chi connectivity index (χ1v) is 7.52. The van der Waals surface area contributed by atoms with Gasteiger partial charge in [-0.05, 0) is 48.6 Å². The topological polar surface area (TPSA) is 0 Å². The Labute approximate surface area is 105 Å². The molecule has 2 atom stereocenters. The predicted octanol–water partition coefficient (Wildman–Crippen LogP) is 3.97. The lowest BCUT2D eigenvalue weighted by Crippen LogP contribution is -2.14. The van der Waals surface area contributed by atoms with Crippen LogP contribution >= 0.6 is 27.7 Å². The van der Waals surface area contributed by atoms with Gasteiger partial charge < -0.3 is 0 Å². The van der Waals surface area contributed by atoms with Crippen molar-refractivity contribution in [2.45, 2.75) is 25.1 Å². The van der Waals surface area contributed by atoms with E-state index in [1.165, 1.54) is 34.6 Å². The summed E-state index contributed by atoms with van der Waals surface area (Å²) in [5.41, 5.74) is 4.31. The van der Waals surface area contributed by atoms with Crippen molar-refractivity contribution in [3.8, 4) is 0 Å². The number of hydrogen-bond donors (Lipinski definition) is 0. The molecule has 1 aromatic carbocycles.